The Morgan fingerprint density at radius 2 is 1.96 bits per heavy atom. The van der Waals surface area contributed by atoms with Crippen molar-refractivity contribution in [2.75, 3.05) is 33.9 Å². The second kappa shape index (κ2) is 14.0. The van der Waals surface area contributed by atoms with Gasteiger partial charge in [0, 0.05) is 48.2 Å². The van der Waals surface area contributed by atoms with Crippen LogP contribution < -0.4 is 4.74 Å². The molecule has 5 aromatic rings. The molecule has 11 nitrogen and oxygen atoms in total. The van der Waals surface area contributed by atoms with Crippen LogP contribution >= 0.6 is 0 Å². The Kier molecular flexibility index (Phi) is 9.52. The van der Waals surface area contributed by atoms with Crippen molar-refractivity contribution in [1.29, 1.82) is 5.26 Å². The summed E-state index contributed by atoms with van der Waals surface area (Å²) in [5.74, 6) is -0.211. The second-order valence-electron chi connectivity index (χ2n) is 14.2. The van der Waals surface area contributed by atoms with Crippen molar-refractivity contribution in [1.82, 2.24) is 34.8 Å². The molecule has 2 fully saturated rings. The third-order valence-corrected chi connectivity index (χ3v) is 11.0. The molecule has 2 aliphatic rings. The number of piperidine rings is 1. The second-order valence-corrected chi connectivity index (χ2v) is 14.2. The molecule has 3 aromatic heterocycles. The number of rotatable bonds is 9. The number of hydrogen-bond donors (Lipinski definition) is 1. The van der Waals surface area contributed by atoms with Gasteiger partial charge in [-0.25, -0.2) is 9.37 Å². The van der Waals surface area contributed by atoms with Crippen LogP contribution in [0.3, 0.4) is 0 Å². The number of aromatic amines is 1. The van der Waals surface area contributed by atoms with E-state index in [1.165, 1.54) is 6.08 Å². The normalized spacial score (nSPS) is 20.6. The van der Waals surface area contributed by atoms with Crippen LogP contribution in [0, 0.1) is 37.9 Å². The third kappa shape index (κ3) is 6.12. The minimum Gasteiger partial charge on any atom is -0.472 e. The summed E-state index contributed by atoms with van der Waals surface area (Å²) in [6, 6.07) is 6.09. The number of carbonyl (C=O) groups excluding carboxylic acids is 1. The highest BCUT2D eigenvalue weighted by Crippen LogP contribution is 2.43. The Morgan fingerprint density at radius 3 is 2.71 bits per heavy atom. The highest BCUT2D eigenvalue weighted by molar-refractivity contribution is 6.09. The van der Waals surface area contributed by atoms with E-state index >= 15 is 4.39 Å². The molecular weight excluding hydrogens is 647 g/mol. The number of likely N-dealkylation sites (tertiary alicyclic amines) is 2. The number of pyridine rings is 1. The van der Waals surface area contributed by atoms with Crippen LogP contribution in [0.25, 0.3) is 43.8 Å². The lowest BCUT2D eigenvalue weighted by Gasteiger charge is -2.38. The number of amides is 1. The van der Waals surface area contributed by atoms with Gasteiger partial charge in [-0.3, -0.25) is 19.5 Å². The highest BCUT2D eigenvalue weighted by Gasteiger charge is 2.35. The molecular formula is C39H45FN8O3. The lowest BCUT2D eigenvalue weighted by Crippen LogP contribution is -2.46. The predicted molar refractivity (Wildman–Crippen MR) is 195 cm³/mol. The van der Waals surface area contributed by atoms with E-state index in [1.54, 1.807) is 30.5 Å². The first-order valence-corrected chi connectivity index (χ1v) is 17.8. The number of hydrogen-bond acceptors (Lipinski definition) is 8. The van der Waals surface area contributed by atoms with Crippen molar-refractivity contribution in [3.05, 3.63) is 59.2 Å². The number of fused-ring (bicyclic) bond motifs is 4. The molecule has 0 aliphatic carbocycles. The summed E-state index contributed by atoms with van der Waals surface area (Å²) in [7, 11) is 3.68. The largest absolute Gasteiger partial charge is 0.472 e. The number of benzene rings is 2. The molecule has 0 saturated carbocycles. The van der Waals surface area contributed by atoms with Gasteiger partial charge in [-0.05, 0) is 101 Å². The van der Waals surface area contributed by atoms with E-state index in [0.717, 1.165) is 58.1 Å². The summed E-state index contributed by atoms with van der Waals surface area (Å²) in [6.07, 6.45) is 9.97. The quantitative estimate of drug-likeness (QED) is 0.169. The van der Waals surface area contributed by atoms with E-state index in [9.17, 15) is 10.1 Å². The molecule has 2 saturated heterocycles. The van der Waals surface area contributed by atoms with Gasteiger partial charge in [-0.1, -0.05) is 6.08 Å². The van der Waals surface area contributed by atoms with Crippen molar-refractivity contribution in [3.8, 4) is 23.1 Å². The van der Waals surface area contributed by atoms with E-state index in [0.29, 0.717) is 48.2 Å². The molecule has 1 amide bonds. The molecule has 0 unspecified atom stereocenters. The summed E-state index contributed by atoms with van der Waals surface area (Å²) < 4.78 is 31.1. The SMILES string of the molecule is COC/C=C/C(=O)N1CC[C@H](n2ncc3c(O[C@@H](C)[C@@H]4CCCN4C)nc4c(F)c(-c5c(C)c(C)cc6[nH]ncc56)c(C)cc4c32)C[C@H]1CC#N. The first-order valence-electron chi connectivity index (χ1n) is 17.8. The fourth-order valence-corrected chi connectivity index (χ4v) is 8.30. The number of halogens is 1. The van der Waals surface area contributed by atoms with Crippen LogP contribution in [-0.2, 0) is 9.53 Å². The van der Waals surface area contributed by atoms with Gasteiger partial charge in [0.05, 0.1) is 54.0 Å². The summed E-state index contributed by atoms with van der Waals surface area (Å²) in [5.41, 5.74) is 5.87. The molecule has 2 aliphatic heterocycles. The van der Waals surface area contributed by atoms with Crippen LogP contribution in [0.4, 0.5) is 4.39 Å². The maximum absolute atomic E-state index is 17.4. The van der Waals surface area contributed by atoms with Crippen molar-refractivity contribution >= 4 is 38.6 Å². The van der Waals surface area contributed by atoms with Crippen LogP contribution in [-0.4, -0.2) is 92.7 Å². The topological polar surface area (TPSA) is 125 Å². The van der Waals surface area contributed by atoms with Gasteiger partial charge >= 0.3 is 0 Å². The number of nitrogens with zero attached hydrogens (tertiary/aromatic N) is 7. The molecule has 1 N–H and O–H groups in total. The maximum atomic E-state index is 17.4. The van der Waals surface area contributed by atoms with Gasteiger partial charge in [-0.2, -0.15) is 15.5 Å². The number of carbonyl (C=O) groups is 1. The van der Waals surface area contributed by atoms with E-state index in [1.807, 2.05) is 37.6 Å². The highest BCUT2D eigenvalue weighted by atomic mass is 19.1. The monoisotopic (exact) mass is 692 g/mol. The average molecular weight is 693 g/mol. The minimum atomic E-state index is -0.419. The molecule has 4 atom stereocenters. The van der Waals surface area contributed by atoms with Gasteiger partial charge in [0.25, 0.3) is 0 Å². The zero-order valence-corrected chi connectivity index (χ0v) is 30.2. The Morgan fingerprint density at radius 1 is 1.14 bits per heavy atom. The number of H-pyrrole nitrogens is 1. The molecule has 12 heteroatoms. The Labute approximate surface area is 297 Å². The lowest BCUT2D eigenvalue weighted by molar-refractivity contribution is -0.130. The van der Waals surface area contributed by atoms with E-state index in [-0.39, 0.29) is 42.1 Å². The molecule has 266 valence electrons. The smallest absolute Gasteiger partial charge is 0.246 e. The maximum Gasteiger partial charge on any atom is 0.246 e. The first-order chi connectivity index (χ1) is 24.6. The number of nitrogens with one attached hydrogen (secondary N) is 1. The van der Waals surface area contributed by atoms with Crippen LogP contribution in [0.15, 0.2) is 36.7 Å². The van der Waals surface area contributed by atoms with Crippen molar-refractivity contribution < 1.29 is 18.7 Å². The molecule has 0 bridgehead atoms. The Balaban J connectivity index is 1.39. The van der Waals surface area contributed by atoms with Crippen LogP contribution in [0.5, 0.6) is 5.88 Å². The van der Waals surface area contributed by atoms with Gasteiger partial charge < -0.3 is 14.4 Å². The summed E-state index contributed by atoms with van der Waals surface area (Å²) in [5, 5.41) is 24.2. The van der Waals surface area contributed by atoms with Crippen molar-refractivity contribution in [2.24, 2.45) is 0 Å². The fraction of sp³-hybridized carbons (Fsp3) is 0.462. The molecule has 7 rings (SSSR count). The summed E-state index contributed by atoms with van der Waals surface area (Å²) in [6.45, 7) is 9.82. The van der Waals surface area contributed by atoms with Crippen LogP contribution in [0.1, 0.15) is 61.8 Å². The first kappa shape index (κ1) is 34.6. The molecule has 5 heterocycles. The Bertz CT molecular complexity index is 2200. The number of ether oxygens (including phenoxy) is 2. The fourth-order valence-electron chi connectivity index (χ4n) is 8.30. The number of nitriles is 1. The van der Waals surface area contributed by atoms with Gasteiger partial charge in [-0.15, -0.1) is 0 Å². The number of aromatic nitrogens is 5. The van der Waals surface area contributed by atoms with Gasteiger partial charge in [0.1, 0.15) is 11.6 Å². The van der Waals surface area contributed by atoms with E-state index < -0.39 is 5.82 Å². The Hall–Kier alpha value is -4.86. The summed E-state index contributed by atoms with van der Waals surface area (Å²) >= 11 is 0. The predicted octanol–water partition coefficient (Wildman–Crippen LogP) is 6.70. The summed E-state index contributed by atoms with van der Waals surface area (Å²) in [4.78, 5) is 22.2. The molecule has 0 radical (unpaired) electrons. The molecule has 51 heavy (non-hydrogen) atoms. The van der Waals surface area contributed by atoms with Crippen molar-refractivity contribution in [2.45, 2.75) is 84.0 Å². The van der Waals surface area contributed by atoms with E-state index in [4.69, 9.17) is 19.6 Å². The zero-order valence-electron chi connectivity index (χ0n) is 30.2. The third-order valence-electron chi connectivity index (χ3n) is 11.0. The van der Waals surface area contributed by atoms with Gasteiger partial charge in [0.2, 0.25) is 11.8 Å². The van der Waals surface area contributed by atoms with Gasteiger partial charge in [0.15, 0.2) is 5.82 Å². The number of methoxy groups -OCH3 is 1. The minimum absolute atomic E-state index is 0.141. The van der Waals surface area contributed by atoms with E-state index in [2.05, 4.69) is 35.1 Å². The van der Waals surface area contributed by atoms with Crippen LogP contribution in [0.2, 0.25) is 0 Å². The molecule has 2 aromatic carbocycles. The zero-order chi connectivity index (χ0) is 36.0. The van der Waals surface area contributed by atoms with Crippen molar-refractivity contribution in [3.63, 3.8) is 0 Å². The standard InChI is InChI=1S/C39H45FN8O3/c1-22-18-31-29(20-42-45-31)35(24(22)3)34-23(2)17-28-37(36(34)40)44-39(51-25(4)32-9-7-14-46(32)5)30-21-43-48(38(28)30)27-12-15-47(26(19-27)11-13-41)33(49)10-8-16-50-6/h8,10,17-18,20-21,25-27,32H,7,9,11-12,14-16,19H2,1-6H3,(H,42,45)/b10-8+/t25-,26+,27-,32-/m0/s1. The lowest BCUT2D eigenvalue weighted by atomic mass is 9.89. The number of likely N-dealkylation sites (N-methyl/N-ethyl adjacent to an activating group) is 1. The number of aryl methyl sites for hydroxylation is 2. The molecule has 0 spiro atoms. The average Bonchev–Trinajstić information content (AvgIpc) is 3.87.